The van der Waals surface area contributed by atoms with E-state index >= 15 is 0 Å². The zero-order chi connectivity index (χ0) is 13.5. The second-order valence-corrected chi connectivity index (χ2v) is 5.68. The molecule has 0 saturated heterocycles. The average Bonchev–Trinajstić information content (AvgIpc) is 2.17. The third-order valence-electron chi connectivity index (χ3n) is 2.30. The van der Waals surface area contributed by atoms with Crippen molar-refractivity contribution in [2.45, 2.75) is 38.1 Å². The van der Waals surface area contributed by atoms with Crippen LogP contribution in [0.15, 0.2) is 0 Å². The first-order valence-corrected chi connectivity index (χ1v) is 7.14. The highest BCUT2D eigenvalue weighted by atomic mass is 31.2. The minimum Gasteiger partial charge on any atom is -0.542 e. The van der Waals surface area contributed by atoms with Gasteiger partial charge in [-0.1, -0.05) is 6.42 Å². The number of carbonyl (C=O) groups is 2. The van der Waals surface area contributed by atoms with Crippen LogP contribution in [0.2, 0.25) is 0 Å². The average molecular weight is 267 g/mol. The predicted octanol–water partition coefficient (Wildman–Crippen LogP) is -1.96. The Kier molecular flexibility index (Phi) is 7.22. The summed E-state index contributed by atoms with van der Waals surface area (Å²) in [6.07, 6.45) is 5.75. The molecule has 1 fully saturated rings. The number of hydrogen-bond donors (Lipinski definition) is 3. The molecule has 7 nitrogen and oxygen atoms in total. The maximum Gasteiger partial charge on any atom is 0.333 e. The van der Waals surface area contributed by atoms with E-state index < -0.39 is 25.5 Å². The van der Waals surface area contributed by atoms with Crippen molar-refractivity contribution in [3.05, 3.63) is 0 Å². The molecule has 0 bridgehead atoms. The zero-order valence-electron chi connectivity index (χ0n) is 9.50. The summed E-state index contributed by atoms with van der Waals surface area (Å²) >= 11 is 0. The molecular weight excluding hydrogens is 249 g/mol. The van der Waals surface area contributed by atoms with Crippen molar-refractivity contribution in [2.75, 3.05) is 6.16 Å². The second-order valence-electron chi connectivity index (χ2n) is 4.04. The molecule has 0 aromatic carbocycles. The van der Waals surface area contributed by atoms with Gasteiger partial charge in [0.2, 0.25) is 0 Å². The maximum absolute atomic E-state index is 10.0. The first-order valence-electron chi connectivity index (χ1n) is 5.34. The predicted molar refractivity (Wildman–Crippen MR) is 56.7 cm³/mol. The Morgan fingerprint density at radius 1 is 1.24 bits per heavy atom. The molecule has 8 heteroatoms. The number of carbonyl (C=O) groups excluding carboxylic acids is 2. The van der Waals surface area contributed by atoms with Gasteiger partial charge >= 0.3 is 7.60 Å². The minimum atomic E-state index is -4.55. The van der Waals surface area contributed by atoms with Crippen LogP contribution < -0.4 is 10.8 Å². The van der Waals surface area contributed by atoms with Gasteiger partial charge in [0.1, 0.15) is 12.1 Å². The van der Waals surface area contributed by atoms with E-state index in [1.165, 1.54) is 32.1 Å². The van der Waals surface area contributed by atoms with E-state index in [0.29, 0.717) is 0 Å². The fraction of sp³-hybridized carbons (Fsp3) is 0.778. The van der Waals surface area contributed by atoms with Crippen LogP contribution in [0.4, 0.5) is 0 Å². The normalized spacial score (nSPS) is 16.9. The highest BCUT2D eigenvalue weighted by Crippen LogP contribution is 2.33. The summed E-state index contributed by atoms with van der Waals surface area (Å²) in [5.41, 5.74) is 4.00. The van der Waals surface area contributed by atoms with Gasteiger partial charge in [-0.25, -0.2) is 0 Å². The molecule has 0 aromatic heterocycles. The molecular formula is C9H18NO6P. The lowest BCUT2D eigenvalue weighted by molar-refractivity contribution is -0.425. The first-order chi connectivity index (χ1) is 7.72. The number of ketones is 1. The molecule has 0 amide bonds. The van der Waals surface area contributed by atoms with Crippen molar-refractivity contribution in [1.82, 2.24) is 0 Å². The lowest BCUT2D eigenvalue weighted by atomic mass is 9.97. The number of carboxylic acid groups (broad SMARTS) is 1. The largest absolute Gasteiger partial charge is 0.542 e. The van der Waals surface area contributed by atoms with Crippen molar-refractivity contribution >= 4 is 19.3 Å². The van der Waals surface area contributed by atoms with Crippen LogP contribution in [0, 0.1) is 0 Å². The molecule has 0 radical (unpaired) electrons. The van der Waals surface area contributed by atoms with Gasteiger partial charge in [-0.15, -0.1) is 0 Å². The molecule has 1 rings (SSSR count). The van der Waals surface area contributed by atoms with Gasteiger partial charge in [-0.3, -0.25) is 9.36 Å². The smallest absolute Gasteiger partial charge is 0.333 e. The van der Waals surface area contributed by atoms with Gasteiger partial charge in [-0.2, -0.15) is 0 Å². The van der Waals surface area contributed by atoms with Gasteiger partial charge < -0.3 is 25.4 Å². The SMILES string of the molecule is O=C([O-])C(=O)CP(=O)(O)O.[NH3+]C1CCCCC1. The van der Waals surface area contributed by atoms with Crippen molar-refractivity contribution in [3.63, 3.8) is 0 Å². The fourth-order valence-electron chi connectivity index (χ4n) is 1.44. The van der Waals surface area contributed by atoms with Crippen molar-refractivity contribution in [3.8, 4) is 0 Å². The second kappa shape index (κ2) is 7.55. The number of carboxylic acids is 1. The molecule has 1 saturated carbocycles. The molecule has 100 valence electrons. The van der Waals surface area contributed by atoms with E-state index in [9.17, 15) is 19.3 Å². The van der Waals surface area contributed by atoms with E-state index in [0.717, 1.165) is 6.04 Å². The van der Waals surface area contributed by atoms with E-state index in [4.69, 9.17) is 9.79 Å². The fourth-order valence-corrected chi connectivity index (χ4v) is 1.94. The summed E-state index contributed by atoms with van der Waals surface area (Å²) in [6.45, 7) is 0. The topological polar surface area (TPSA) is 142 Å². The molecule has 0 aromatic rings. The van der Waals surface area contributed by atoms with Crippen LogP contribution in [0.1, 0.15) is 32.1 Å². The number of aliphatic carboxylic acids is 1. The molecule has 1 aliphatic carbocycles. The van der Waals surface area contributed by atoms with Gasteiger partial charge in [0.15, 0.2) is 5.78 Å². The summed E-state index contributed by atoms with van der Waals surface area (Å²) < 4.78 is 9.93. The number of hydrogen-bond acceptors (Lipinski definition) is 4. The Labute approximate surface area is 99.2 Å². The Hall–Kier alpha value is -0.750. The van der Waals surface area contributed by atoms with Gasteiger partial charge in [0.05, 0.1) is 6.04 Å². The third-order valence-corrected chi connectivity index (χ3v) is 3.00. The van der Waals surface area contributed by atoms with Crippen LogP contribution in [-0.2, 0) is 14.2 Å². The molecule has 0 atom stereocenters. The lowest BCUT2D eigenvalue weighted by Gasteiger charge is -2.12. The molecule has 17 heavy (non-hydrogen) atoms. The molecule has 5 N–H and O–H groups in total. The molecule has 0 aliphatic heterocycles. The first kappa shape index (κ1) is 16.2. The van der Waals surface area contributed by atoms with E-state index in [1.54, 1.807) is 0 Å². The standard InChI is InChI=1S/C6H13N.C3H5O6P/c7-6-4-2-1-3-5-6;4-2(3(5)6)1-10(7,8)9/h6H,1-5,7H2;1H2,(H,5,6)(H2,7,8,9). The van der Waals surface area contributed by atoms with Crippen molar-refractivity contribution in [1.29, 1.82) is 0 Å². The zero-order valence-corrected chi connectivity index (χ0v) is 10.4. The van der Waals surface area contributed by atoms with Crippen LogP contribution in [0.25, 0.3) is 0 Å². The quantitative estimate of drug-likeness (QED) is 0.400. The minimum absolute atomic E-state index is 0.786. The van der Waals surface area contributed by atoms with Gasteiger partial charge in [0, 0.05) is 0 Å². The van der Waals surface area contributed by atoms with Gasteiger partial charge in [-0.05, 0) is 25.7 Å². The van der Waals surface area contributed by atoms with Crippen LogP contribution in [-0.4, -0.2) is 33.7 Å². The summed E-state index contributed by atoms with van der Waals surface area (Å²) in [4.78, 5) is 35.6. The van der Waals surface area contributed by atoms with E-state index in [-0.39, 0.29) is 0 Å². The van der Waals surface area contributed by atoms with Crippen LogP contribution in [0.3, 0.4) is 0 Å². The van der Waals surface area contributed by atoms with Gasteiger partial charge in [0.25, 0.3) is 0 Å². The van der Waals surface area contributed by atoms with E-state index in [1.807, 2.05) is 0 Å². The Balaban J connectivity index is 0.000000318. The monoisotopic (exact) mass is 267 g/mol. The number of Topliss-reactive ketones (excluding diaryl/α,β-unsaturated/α-hetero) is 1. The summed E-state index contributed by atoms with van der Waals surface area (Å²) in [5.74, 6) is -3.67. The summed E-state index contributed by atoms with van der Waals surface area (Å²) in [6, 6.07) is 0.786. The number of rotatable bonds is 3. The Morgan fingerprint density at radius 2 is 1.71 bits per heavy atom. The van der Waals surface area contributed by atoms with Crippen LogP contribution >= 0.6 is 7.60 Å². The highest BCUT2D eigenvalue weighted by Gasteiger charge is 2.19. The van der Waals surface area contributed by atoms with Crippen molar-refractivity contribution < 1.29 is 34.8 Å². The van der Waals surface area contributed by atoms with Crippen molar-refractivity contribution in [2.24, 2.45) is 0 Å². The third kappa shape index (κ3) is 10.1. The molecule has 1 aliphatic rings. The molecule has 0 heterocycles. The highest BCUT2D eigenvalue weighted by molar-refractivity contribution is 7.53. The molecule has 0 unspecified atom stereocenters. The number of quaternary nitrogens is 1. The summed E-state index contributed by atoms with van der Waals surface area (Å²) in [7, 11) is -4.55. The lowest BCUT2D eigenvalue weighted by Crippen LogP contribution is -2.61. The van der Waals surface area contributed by atoms with E-state index in [2.05, 4.69) is 5.73 Å². The Morgan fingerprint density at radius 3 is 1.88 bits per heavy atom. The molecule has 0 spiro atoms. The van der Waals surface area contributed by atoms with Crippen LogP contribution in [0.5, 0.6) is 0 Å². The Bertz CT molecular complexity index is 307. The summed E-state index contributed by atoms with van der Waals surface area (Å²) in [5, 5.41) is 9.57. The maximum atomic E-state index is 10.0.